The fraction of sp³-hybridized carbons (Fsp3) is 0.667. The van der Waals surface area contributed by atoms with E-state index in [1.165, 1.54) is 24.3 Å². The molecule has 3 rings (SSSR count). The summed E-state index contributed by atoms with van der Waals surface area (Å²) in [6.07, 6.45) is -2.78. The van der Waals surface area contributed by atoms with Crippen molar-refractivity contribution in [3.05, 3.63) is 29.3 Å². The van der Waals surface area contributed by atoms with Crippen LogP contribution in [-0.4, -0.2) is 72.6 Å². The third-order valence-electron chi connectivity index (χ3n) is 7.18. The maximum absolute atomic E-state index is 14.0. The number of methoxy groups -OCH3 is 1. The monoisotopic (exact) mass is 567 g/mol. The molecule has 2 amide bonds. The molecule has 2 fully saturated rings. The number of halogens is 2. The van der Waals surface area contributed by atoms with Crippen LogP contribution >= 0.6 is 0 Å². The number of hydrogen-bond acceptors (Lipinski definition) is 8. The molecule has 2 aliphatic rings. The molecular weight excluding hydrogens is 527 g/mol. The molecule has 222 valence electrons. The highest BCUT2D eigenvalue weighted by atomic mass is 19.3. The van der Waals surface area contributed by atoms with E-state index in [0.29, 0.717) is 23.9 Å². The van der Waals surface area contributed by atoms with E-state index in [-0.39, 0.29) is 18.5 Å². The van der Waals surface area contributed by atoms with Crippen molar-refractivity contribution in [3.8, 4) is 0 Å². The summed E-state index contributed by atoms with van der Waals surface area (Å²) in [4.78, 5) is 38.4. The lowest BCUT2D eigenvalue weighted by atomic mass is 9.77. The molecule has 2 aliphatic heterocycles. The molecule has 2 N–H and O–H groups in total. The normalized spacial score (nSPS) is 21.2. The van der Waals surface area contributed by atoms with Crippen LogP contribution in [0, 0.1) is 0 Å². The van der Waals surface area contributed by atoms with Crippen LogP contribution in [0.15, 0.2) is 18.2 Å². The smallest absolute Gasteiger partial charge is 0.468 e. The Hall–Kier alpha value is -2.77. The van der Waals surface area contributed by atoms with E-state index < -0.39 is 60.4 Å². The number of carbonyl (C=O) groups excluding carboxylic acids is 3. The van der Waals surface area contributed by atoms with Crippen LogP contribution in [0.4, 0.5) is 13.6 Å². The second-order valence-corrected chi connectivity index (χ2v) is 12.1. The summed E-state index contributed by atoms with van der Waals surface area (Å²) < 4.78 is 50.2. The van der Waals surface area contributed by atoms with Gasteiger partial charge in [-0.15, -0.1) is 0 Å². The lowest BCUT2D eigenvalue weighted by Gasteiger charge is -2.35. The van der Waals surface area contributed by atoms with Crippen LogP contribution in [0.1, 0.15) is 78.9 Å². The van der Waals surface area contributed by atoms with Crippen LogP contribution in [0.5, 0.6) is 0 Å². The fourth-order valence-electron chi connectivity index (χ4n) is 4.44. The number of esters is 1. The average Bonchev–Trinajstić information content (AvgIpc) is 3.08. The molecule has 10 nitrogen and oxygen atoms in total. The van der Waals surface area contributed by atoms with Crippen molar-refractivity contribution < 1.29 is 41.9 Å². The lowest BCUT2D eigenvalue weighted by Crippen LogP contribution is -2.60. The number of nitrogens with one attached hydrogen (secondary N) is 2. The van der Waals surface area contributed by atoms with E-state index in [9.17, 15) is 23.2 Å². The molecule has 2 heterocycles. The van der Waals surface area contributed by atoms with Crippen LogP contribution in [0.3, 0.4) is 0 Å². The predicted octanol–water partition coefficient (Wildman–Crippen LogP) is 3.03. The summed E-state index contributed by atoms with van der Waals surface area (Å²) in [5.74, 6) is -1.08. The van der Waals surface area contributed by atoms with E-state index in [1.807, 2.05) is 27.7 Å². The lowest BCUT2D eigenvalue weighted by molar-refractivity contribution is -0.150. The summed E-state index contributed by atoms with van der Waals surface area (Å²) in [5, 5.41) is 3.83. The molecule has 0 aliphatic carbocycles. The first-order valence-corrected chi connectivity index (χ1v) is 13.3. The first kappa shape index (κ1) is 31.8. The highest BCUT2D eigenvalue weighted by Crippen LogP contribution is 2.37. The van der Waals surface area contributed by atoms with Gasteiger partial charge in [-0.1, -0.05) is 18.2 Å². The van der Waals surface area contributed by atoms with E-state index in [2.05, 4.69) is 10.7 Å². The molecule has 2 saturated heterocycles. The summed E-state index contributed by atoms with van der Waals surface area (Å²) in [7, 11) is 0.352. The van der Waals surface area contributed by atoms with Crippen molar-refractivity contribution in [1.82, 2.24) is 15.8 Å². The number of alkyl carbamates (subject to hydrolysis) is 1. The first-order valence-electron chi connectivity index (χ1n) is 13.3. The maximum atomic E-state index is 14.0. The SMILES string of the molecule is COC(=O)[C@@H]1CCCN(C(=O)[C@H](Cc2cc(B3OC(C)(C)C(C)(C)O3)cc(C(F)F)c2)NC(=O)OC(C)(C)C)N1. The zero-order chi connectivity index (χ0) is 30.0. The Morgan fingerprint density at radius 3 is 2.33 bits per heavy atom. The second-order valence-electron chi connectivity index (χ2n) is 12.1. The Morgan fingerprint density at radius 2 is 1.77 bits per heavy atom. The molecule has 1 aromatic carbocycles. The van der Waals surface area contributed by atoms with Gasteiger partial charge < -0.3 is 24.1 Å². The van der Waals surface area contributed by atoms with Gasteiger partial charge in [-0.3, -0.25) is 14.6 Å². The number of ether oxygens (including phenoxy) is 2. The molecule has 2 atom stereocenters. The third-order valence-corrected chi connectivity index (χ3v) is 7.18. The van der Waals surface area contributed by atoms with E-state index in [0.717, 1.165) is 0 Å². The van der Waals surface area contributed by atoms with Crippen LogP contribution < -0.4 is 16.2 Å². The quantitative estimate of drug-likeness (QED) is 0.382. The standard InChI is InChI=1S/C27H40BF2N3O7/c1-25(2,3)38-24(36)31-20(22(34)33-11-9-10-19(32-33)23(35)37-8)14-16-12-17(21(29)30)15-18(13-16)28-39-26(4,5)27(6,7)40-28/h12-13,15,19-21,32H,9-11,14H2,1-8H3,(H,31,36)/t19-,20-/m0/s1. The van der Waals surface area contributed by atoms with Crippen LogP contribution in [-0.2, 0) is 34.8 Å². The summed E-state index contributed by atoms with van der Waals surface area (Å²) in [6, 6.07) is 2.31. The minimum atomic E-state index is -2.79. The molecule has 0 aromatic heterocycles. The van der Waals surface area contributed by atoms with E-state index >= 15 is 0 Å². The molecule has 0 radical (unpaired) electrons. The Bertz CT molecular complexity index is 1090. The van der Waals surface area contributed by atoms with Crippen molar-refractivity contribution in [2.75, 3.05) is 13.7 Å². The molecule has 0 bridgehead atoms. The van der Waals surface area contributed by atoms with Gasteiger partial charge in [0.15, 0.2) is 0 Å². The third kappa shape index (κ3) is 7.70. The molecule has 13 heteroatoms. The highest BCUT2D eigenvalue weighted by Gasteiger charge is 2.52. The topological polar surface area (TPSA) is 115 Å². The fourth-order valence-corrected chi connectivity index (χ4v) is 4.44. The van der Waals surface area contributed by atoms with Crippen LogP contribution in [0.2, 0.25) is 0 Å². The summed E-state index contributed by atoms with van der Waals surface area (Å²) in [6.45, 7) is 12.7. The minimum absolute atomic E-state index is 0.133. The first-order chi connectivity index (χ1) is 18.4. The van der Waals surface area contributed by atoms with E-state index in [4.69, 9.17) is 18.8 Å². The number of hydrazine groups is 1. The van der Waals surface area contributed by atoms with Crippen molar-refractivity contribution in [1.29, 1.82) is 0 Å². The van der Waals surface area contributed by atoms with Crippen molar-refractivity contribution in [2.24, 2.45) is 0 Å². The number of alkyl halides is 2. The predicted molar refractivity (Wildman–Crippen MR) is 144 cm³/mol. The molecule has 0 spiro atoms. The average molecular weight is 567 g/mol. The Balaban J connectivity index is 1.93. The van der Waals surface area contributed by atoms with Gasteiger partial charge in [-0.25, -0.2) is 19.0 Å². The zero-order valence-electron chi connectivity index (χ0n) is 24.4. The van der Waals surface area contributed by atoms with Crippen molar-refractivity contribution in [3.63, 3.8) is 0 Å². The van der Waals surface area contributed by atoms with Gasteiger partial charge in [0.25, 0.3) is 12.3 Å². The Kier molecular flexibility index (Phi) is 9.53. The number of rotatable bonds is 7. The number of benzene rings is 1. The molecule has 40 heavy (non-hydrogen) atoms. The van der Waals surface area contributed by atoms with Crippen LogP contribution in [0.25, 0.3) is 0 Å². The van der Waals surface area contributed by atoms with Crippen molar-refractivity contribution >= 4 is 30.6 Å². The van der Waals surface area contributed by atoms with Gasteiger partial charge in [0.1, 0.15) is 17.7 Å². The maximum Gasteiger partial charge on any atom is 0.494 e. The minimum Gasteiger partial charge on any atom is -0.468 e. The van der Waals surface area contributed by atoms with Gasteiger partial charge in [-0.05, 0) is 72.3 Å². The second kappa shape index (κ2) is 12.0. The van der Waals surface area contributed by atoms with Gasteiger partial charge in [0.2, 0.25) is 0 Å². The summed E-state index contributed by atoms with van der Waals surface area (Å²) >= 11 is 0. The zero-order valence-corrected chi connectivity index (χ0v) is 24.4. The van der Waals surface area contributed by atoms with Gasteiger partial charge >= 0.3 is 19.2 Å². The molecule has 0 saturated carbocycles. The van der Waals surface area contributed by atoms with Crippen molar-refractivity contribution in [2.45, 2.75) is 103 Å². The number of carbonyl (C=O) groups is 3. The van der Waals surface area contributed by atoms with E-state index in [1.54, 1.807) is 26.8 Å². The van der Waals surface area contributed by atoms with Gasteiger partial charge in [-0.2, -0.15) is 0 Å². The number of nitrogens with zero attached hydrogens (tertiary/aromatic N) is 1. The number of hydrogen-bond donors (Lipinski definition) is 2. The Labute approximate surface area is 234 Å². The number of amides is 2. The molecular formula is C27H40BF2N3O7. The molecule has 0 unspecified atom stereocenters. The molecule has 1 aromatic rings. The van der Waals surface area contributed by atoms with Gasteiger partial charge in [0.05, 0.1) is 18.3 Å². The highest BCUT2D eigenvalue weighted by molar-refractivity contribution is 6.62. The largest absolute Gasteiger partial charge is 0.494 e. The van der Waals surface area contributed by atoms with Gasteiger partial charge in [0, 0.05) is 18.5 Å². The summed E-state index contributed by atoms with van der Waals surface area (Å²) in [5.41, 5.74) is 1.10. The Morgan fingerprint density at radius 1 is 1.15 bits per heavy atom.